The molecule has 144 valence electrons. The molecule has 0 fully saturated rings. The number of para-hydroxylation sites is 1. The zero-order chi connectivity index (χ0) is 20.2. The first-order valence-electron chi connectivity index (χ1n) is 10.5. The second-order valence-electron chi connectivity index (χ2n) is 8.37. The Hall–Kier alpha value is -3.46. The Labute approximate surface area is 177 Å². The van der Waals surface area contributed by atoms with Gasteiger partial charge in [-0.25, -0.2) is 0 Å². The van der Waals surface area contributed by atoms with Crippen LogP contribution in [-0.2, 0) is 0 Å². The summed E-state index contributed by atoms with van der Waals surface area (Å²) in [7, 11) is 0. The fourth-order valence-corrected chi connectivity index (χ4v) is 4.62. The second kappa shape index (κ2) is 6.53. The highest BCUT2D eigenvalue weighted by molar-refractivity contribution is 6.98. The van der Waals surface area contributed by atoms with Crippen molar-refractivity contribution >= 4 is 23.1 Å². The van der Waals surface area contributed by atoms with Crippen LogP contribution in [0.3, 0.4) is 0 Å². The first-order valence-corrected chi connectivity index (χ1v) is 10.5. The number of fused-ring (bicyclic) bond motifs is 4. The molecule has 0 N–H and O–H groups in total. The lowest BCUT2D eigenvalue weighted by molar-refractivity contribution is 0.464. The van der Waals surface area contributed by atoms with Gasteiger partial charge in [-0.1, -0.05) is 74.5 Å². The Bertz CT molecular complexity index is 1270. The lowest BCUT2D eigenvalue weighted by Crippen LogP contribution is -2.57. The summed E-state index contributed by atoms with van der Waals surface area (Å²) >= 11 is 0. The van der Waals surface area contributed by atoms with Gasteiger partial charge in [0.15, 0.2) is 0 Å². The Balaban J connectivity index is 1.49. The van der Waals surface area contributed by atoms with E-state index in [1.54, 1.807) is 0 Å². The van der Waals surface area contributed by atoms with Crippen molar-refractivity contribution in [2.75, 3.05) is 0 Å². The van der Waals surface area contributed by atoms with Crippen molar-refractivity contribution in [2.45, 2.75) is 19.8 Å². The molecule has 3 heteroatoms. The third-order valence-electron chi connectivity index (χ3n) is 6.22. The van der Waals surface area contributed by atoms with Gasteiger partial charge in [-0.2, -0.15) is 0 Å². The maximum atomic E-state index is 6.38. The molecule has 2 nitrogen and oxygen atoms in total. The van der Waals surface area contributed by atoms with Gasteiger partial charge in [-0.15, -0.1) is 0 Å². The Morgan fingerprint density at radius 2 is 1.23 bits per heavy atom. The summed E-state index contributed by atoms with van der Waals surface area (Å²) in [5.74, 6) is 4.15. The fraction of sp³-hybridized carbons (Fsp3) is 0.111. The van der Waals surface area contributed by atoms with E-state index in [0.717, 1.165) is 28.5 Å². The van der Waals surface area contributed by atoms with Crippen LogP contribution >= 0.6 is 0 Å². The first-order chi connectivity index (χ1) is 14.7. The summed E-state index contributed by atoms with van der Waals surface area (Å²) < 4.78 is 12.6. The molecule has 0 saturated carbocycles. The van der Waals surface area contributed by atoms with Crippen molar-refractivity contribution in [2.24, 2.45) is 0 Å². The monoisotopic (exact) mass is 388 g/mol. The normalized spacial score (nSPS) is 13.1. The molecule has 4 aromatic rings. The average Bonchev–Trinajstić information content (AvgIpc) is 2.78. The van der Waals surface area contributed by atoms with Gasteiger partial charge in [-0.3, -0.25) is 0 Å². The van der Waals surface area contributed by atoms with Gasteiger partial charge in [0, 0.05) is 5.46 Å². The lowest BCUT2D eigenvalue weighted by Gasteiger charge is -2.32. The predicted octanol–water partition coefficient (Wildman–Crippen LogP) is 5.20. The largest absolute Gasteiger partial charge is 0.458 e. The topological polar surface area (TPSA) is 18.5 Å². The molecule has 0 saturated heterocycles. The van der Waals surface area contributed by atoms with Gasteiger partial charge in [0.25, 0.3) is 6.71 Å². The van der Waals surface area contributed by atoms with Crippen molar-refractivity contribution in [3.8, 4) is 34.1 Å². The van der Waals surface area contributed by atoms with E-state index in [9.17, 15) is 0 Å². The highest BCUT2D eigenvalue weighted by atomic mass is 16.5. The van der Waals surface area contributed by atoms with Crippen LogP contribution in [0.15, 0.2) is 84.9 Å². The average molecular weight is 388 g/mol. The maximum Gasteiger partial charge on any atom is 0.260 e. The minimum atomic E-state index is 0.127. The third-order valence-corrected chi connectivity index (χ3v) is 6.22. The molecule has 0 aromatic heterocycles. The SMILES string of the molecule is CC(C)c1ccc(-c2ccc3c(c2)Oc2cccc4c2B3c2ccccc2O4)cc1. The molecule has 4 aromatic carbocycles. The molecule has 6 rings (SSSR count). The molecule has 0 radical (unpaired) electrons. The number of hydrogen-bond acceptors (Lipinski definition) is 2. The second-order valence-corrected chi connectivity index (χ2v) is 8.37. The first kappa shape index (κ1) is 17.4. The molecule has 0 unspecified atom stereocenters. The number of hydrogen-bond donors (Lipinski definition) is 0. The highest BCUT2D eigenvalue weighted by Gasteiger charge is 2.39. The van der Waals surface area contributed by atoms with E-state index in [4.69, 9.17) is 9.47 Å². The molecule has 0 bridgehead atoms. The van der Waals surface area contributed by atoms with Crippen molar-refractivity contribution < 1.29 is 9.47 Å². The molecule has 2 aliphatic heterocycles. The molecule has 0 aliphatic carbocycles. The predicted molar refractivity (Wildman–Crippen MR) is 124 cm³/mol. The van der Waals surface area contributed by atoms with Crippen molar-refractivity contribution in [3.63, 3.8) is 0 Å². The molecular weight excluding hydrogens is 367 g/mol. The summed E-state index contributed by atoms with van der Waals surface area (Å²) in [5, 5.41) is 0. The Morgan fingerprint density at radius 1 is 0.600 bits per heavy atom. The molecule has 0 amide bonds. The van der Waals surface area contributed by atoms with Crippen molar-refractivity contribution in [1.82, 2.24) is 0 Å². The molecule has 0 spiro atoms. The van der Waals surface area contributed by atoms with Crippen LogP contribution in [-0.4, -0.2) is 6.71 Å². The van der Waals surface area contributed by atoms with Crippen LogP contribution in [0.5, 0.6) is 23.0 Å². The van der Waals surface area contributed by atoms with Crippen LogP contribution in [0.4, 0.5) is 0 Å². The fourth-order valence-electron chi connectivity index (χ4n) is 4.62. The van der Waals surface area contributed by atoms with Gasteiger partial charge >= 0.3 is 0 Å². The Morgan fingerprint density at radius 3 is 2.00 bits per heavy atom. The molecule has 30 heavy (non-hydrogen) atoms. The number of ether oxygens (including phenoxy) is 2. The highest BCUT2D eigenvalue weighted by Crippen LogP contribution is 2.35. The molecule has 2 aliphatic rings. The van der Waals surface area contributed by atoms with E-state index in [1.165, 1.54) is 27.6 Å². The minimum Gasteiger partial charge on any atom is -0.458 e. The van der Waals surface area contributed by atoms with Gasteiger partial charge in [0.2, 0.25) is 0 Å². The van der Waals surface area contributed by atoms with E-state index in [2.05, 4.69) is 68.4 Å². The van der Waals surface area contributed by atoms with Gasteiger partial charge in [0.05, 0.1) is 0 Å². The van der Waals surface area contributed by atoms with E-state index in [0.29, 0.717) is 5.92 Å². The smallest absolute Gasteiger partial charge is 0.260 e. The minimum absolute atomic E-state index is 0.127. The van der Waals surface area contributed by atoms with E-state index >= 15 is 0 Å². The van der Waals surface area contributed by atoms with Crippen LogP contribution in [0.2, 0.25) is 0 Å². The third kappa shape index (κ3) is 2.59. The number of benzene rings is 4. The maximum absolute atomic E-state index is 6.38. The standard InChI is InChI=1S/C27H21BO2/c1-17(2)18-10-12-19(13-11-18)20-14-15-22-26(16-20)30-25-9-5-8-24-27(25)28(22)21-6-3-4-7-23(21)29-24/h3-17H,1-2H3. The summed E-state index contributed by atoms with van der Waals surface area (Å²) in [5.41, 5.74) is 7.23. The van der Waals surface area contributed by atoms with Crippen molar-refractivity contribution in [3.05, 3.63) is 90.5 Å². The van der Waals surface area contributed by atoms with E-state index in [-0.39, 0.29) is 6.71 Å². The van der Waals surface area contributed by atoms with Gasteiger partial charge in [0.1, 0.15) is 23.0 Å². The summed E-state index contributed by atoms with van der Waals surface area (Å²) in [4.78, 5) is 0. The molecule has 2 heterocycles. The van der Waals surface area contributed by atoms with E-state index in [1.807, 2.05) is 30.3 Å². The van der Waals surface area contributed by atoms with Crippen molar-refractivity contribution in [1.29, 1.82) is 0 Å². The van der Waals surface area contributed by atoms with Crippen LogP contribution in [0.1, 0.15) is 25.3 Å². The van der Waals surface area contributed by atoms with Gasteiger partial charge < -0.3 is 9.47 Å². The quantitative estimate of drug-likeness (QED) is 0.380. The lowest BCUT2D eigenvalue weighted by atomic mass is 9.35. The van der Waals surface area contributed by atoms with Crippen LogP contribution < -0.4 is 25.9 Å². The molecular formula is C27H21BO2. The van der Waals surface area contributed by atoms with Crippen LogP contribution in [0.25, 0.3) is 11.1 Å². The van der Waals surface area contributed by atoms with Crippen LogP contribution in [0, 0.1) is 0 Å². The zero-order valence-electron chi connectivity index (χ0n) is 17.1. The van der Waals surface area contributed by atoms with E-state index < -0.39 is 0 Å². The Kier molecular flexibility index (Phi) is 3.79. The summed E-state index contributed by atoms with van der Waals surface area (Å²) in [6, 6.07) is 29.8. The number of rotatable bonds is 2. The van der Waals surface area contributed by atoms with Gasteiger partial charge in [-0.05, 0) is 57.8 Å². The molecule has 0 atom stereocenters. The summed E-state index contributed by atoms with van der Waals surface area (Å²) in [6.07, 6.45) is 0. The summed E-state index contributed by atoms with van der Waals surface area (Å²) in [6.45, 7) is 4.57. The zero-order valence-corrected chi connectivity index (χ0v) is 17.1.